The van der Waals surface area contributed by atoms with Gasteiger partial charge in [0.1, 0.15) is 6.04 Å². The lowest BCUT2D eigenvalue weighted by atomic mass is 9.95. The molecular formula is C24H33Cl2N3O3. The van der Waals surface area contributed by atoms with Gasteiger partial charge >= 0.3 is 0 Å². The molecule has 4 rings (SSSR count). The van der Waals surface area contributed by atoms with Gasteiger partial charge in [-0.05, 0) is 63.6 Å². The molecule has 0 aromatic heterocycles. The molecule has 3 unspecified atom stereocenters. The van der Waals surface area contributed by atoms with Crippen LogP contribution in [-0.2, 0) is 9.53 Å². The maximum absolute atomic E-state index is 13.3. The topological polar surface area (TPSA) is 53.1 Å². The lowest BCUT2D eigenvalue weighted by molar-refractivity contribution is -0.137. The van der Waals surface area contributed by atoms with E-state index in [0.29, 0.717) is 34.5 Å². The van der Waals surface area contributed by atoms with Crippen LogP contribution in [0.3, 0.4) is 0 Å². The second-order valence-corrected chi connectivity index (χ2v) is 10.4. The van der Waals surface area contributed by atoms with E-state index in [0.717, 1.165) is 52.0 Å². The number of carbonyl (C=O) groups excluding carboxylic acids is 2. The van der Waals surface area contributed by atoms with Crippen LogP contribution in [0, 0.1) is 5.92 Å². The molecule has 2 amide bonds. The van der Waals surface area contributed by atoms with Gasteiger partial charge in [0, 0.05) is 54.9 Å². The van der Waals surface area contributed by atoms with Gasteiger partial charge in [-0.25, -0.2) is 0 Å². The first-order valence-electron chi connectivity index (χ1n) is 11.7. The van der Waals surface area contributed by atoms with Crippen LogP contribution in [-0.4, -0.2) is 84.0 Å². The summed E-state index contributed by atoms with van der Waals surface area (Å²) in [5.74, 6) is 0.512. The van der Waals surface area contributed by atoms with Crippen LogP contribution in [0.15, 0.2) is 18.2 Å². The number of nitrogens with zero attached hydrogens (tertiary/aromatic N) is 3. The normalized spacial score (nSPS) is 27.7. The van der Waals surface area contributed by atoms with Crippen LogP contribution in [0.25, 0.3) is 0 Å². The van der Waals surface area contributed by atoms with E-state index in [-0.39, 0.29) is 24.0 Å². The van der Waals surface area contributed by atoms with Crippen molar-refractivity contribution in [1.82, 2.24) is 14.7 Å². The largest absolute Gasteiger partial charge is 0.373 e. The second-order valence-electron chi connectivity index (χ2n) is 9.56. The van der Waals surface area contributed by atoms with Crippen molar-refractivity contribution in [2.24, 2.45) is 5.92 Å². The summed E-state index contributed by atoms with van der Waals surface area (Å²) in [6, 6.07) is 4.45. The number of rotatable bonds is 4. The molecule has 1 aromatic rings. The molecule has 0 bridgehead atoms. The highest BCUT2D eigenvalue weighted by Crippen LogP contribution is 2.27. The summed E-state index contributed by atoms with van der Waals surface area (Å²) in [5.41, 5.74) is 0.440. The summed E-state index contributed by atoms with van der Waals surface area (Å²) in [6.45, 7) is 9.42. The zero-order valence-electron chi connectivity index (χ0n) is 18.9. The Balaban J connectivity index is 1.32. The number of carbonyl (C=O) groups is 2. The Morgan fingerprint density at radius 1 is 0.969 bits per heavy atom. The zero-order chi connectivity index (χ0) is 22.8. The average molecular weight is 482 g/mol. The number of amides is 2. The minimum atomic E-state index is -0.391. The van der Waals surface area contributed by atoms with E-state index in [1.54, 1.807) is 23.1 Å². The Hall–Kier alpha value is -1.34. The van der Waals surface area contributed by atoms with Crippen molar-refractivity contribution >= 4 is 35.0 Å². The first-order chi connectivity index (χ1) is 15.3. The molecule has 3 atom stereocenters. The summed E-state index contributed by atoms with van der Waals surface area (Å²) >= 11 is 12.2. The number of halogens is 2. The average Bonchev–Trinajstić information content (AvgIpc) is 3.21. The zero-order valence-corrected chi connectivity index (χ0v) is 20.4. The van der Waals surface area contributed by atoms with E-state index >= 15 is 0 Å². The minimum absolute atomic E-state index is 0.0797. The molecule has 1 aromatic carbocycles. The molecular weight excluding hydrogens is 449 g/mol. The Labute approximate surface area is 200 Å². The van der Waals surface area contributed by atoms with E-state index in [1.165, 1.54) is 0 Å². The predicted octanol–water partition coefficient (Wildman–Crippen LogP) is 3.95. The van der Waals surface area contributed by atoms with Crippen LogP contribution >= 0.6 is 23.2 Å². The Morgan fingerprint density at radius 2 is 1.59 bits per heavy atom. The van der Waals surface area contributed by atoms with E-state index < -0.39 is 6.04 Å². The maximum Gasteiger partial charge on any atom is 0.254 e. The molecule has 3 aliphatic heterocycles. The van der Waals surface area contributed by atoms with Crippen LogP contribution in [0.4, 0.5) is 0 Å². The highest BCUT2D eigenvalue weighted by atomic mass is 35.5. The van der Waals surface area contributed by atoms with Gasteiger partial charge in [0.05, 0.1) is 12.2 Å². The summed E-state index contributed by atoms with van der Waals surface area (Å²) in [4.78, 5) is 32.6. The van der Waals surface area contributed by atoms with E-state index in [9.17, 15) is 9.59 Å². The first kappa shape index (κ1) is 23.8. The number of hydrogen-bond acceptors (Lipinski definition) is 4. The quantitative estimate of drug-likeness (QED) is 0.653. The third-order valence-corrected chi connectivity index (χ3v) is 7.28. The SMILES string of the molecule is CC1CN(CC2CCN(C(=O)C3CCCN3C(=O)c3cc(Cl)cc(Cl)c3)CC2)CC(C)O1. The number of likely N-dealkylation sites (tertiary alicyclic amines) is 2. The van der Waals surface area contributed by atoms with Crippen molar-refractivity contribution in [1.29, 1.82) is 0 Å². The second kappa shape index (κ2) is 10.3. The van der Waals surface area contributed by atoms with Crippen LogP contribution in [0.2, 0.25) is 10.0 Å². The summed E-state index contributed by atoms with van der Waals surface area (Å²) in [5, 5.41) is 0.850. The standard InChI is InChI=1S/C24H33Cl2N3O3/c1-16-13-27(14-17(2)32-16)15-18-5-8-28(9-6-18)24(31)22-4-3-7-29(22)23(30)19-10-20(25)12-21(26)11-19/h10-12,16-18,22H,3-9,13-15H2,1-2H3. The molecule has 3 saturated heterocycles. The van der Waals surface area contributed by atoms with Crippen LogP contribution < -0.4 is 0 Å². The molecule has 176 valence electrons. The minimum Gasteiger partial charge on any atom is -0.373 e. The van der Waals surface area contributed by atoms with Crippen molar-refractivity contribution in [3.8, 4) is 0 Å². The number of benzene rings is 1. The number of piperidine rings is 1. The van der Waals surface area contributed by atoms with Gasteiger partial charge in [-0.15, -0.1) is 0 Å². The third-order valence-electron chi connectivity index (χ3n) is 6.85. The Bertz CT molecular complexity index is 814. The molecule has 3 heterocycles. The van der Waals surface area contributed by atoms with Gasteiger partial charge in [-0.3, -0.25) is 14.5 Å². The highest BCUT2D eigenvalue weighted by molar-refractivity contribution is 6.35. The number of hydrogen-bond donors (Lipinski definition) is 0. The Kier molecular flexibility index (Phi) is 7.65. The Morgan fingerprint density at radius 3 is 2.22 bits per heavy atom. The van der Waals surface area contributed by atoms with Crippen molar-refractivity contribution in [2.75, 3.05) is 39.3 Å². The fourth-order valence-corrected chi connectivity index (χ4v) is 5.98. The third kappa shape index (κ3) is 5.58. The fraction of sp³-hybridized carbons (Fsp3) is 0.667. The smallest absolute Gasteiger partial charge is 0.254 e. The van der Waals surface area contributed by atoms with Gasteiger partial charge in [-0.2, -0.15) is 0 Å². The molecule has 0 N–H and O–H groups in total. The first-order valence-corrected chi connectivity index (χ1v) is 12.5. The van der Waals surface area contributed by atoms with Crippen LogP contribution in [0.5, 0.6) is 0 Å². The molecule has 6 nitrogen and oxygen atoms in total. The van der Waals surface area contributed by atoms with Crippen LogP contribution in [0.1, 0.15) is 49.9 Å². The maximum atomic E-state index is 13.3. The molecule has 8 heteroatoms. The van der Waals surface area contributed by atoms with Crippen molar-refractivity contribution < 1.29 is 14.3 Å². The van der Waals surface area contributed by atoms with E-state index in [1.807, 2.05) is 4.90 Å². The van der Waals surface area contributed by atoms with Gasteiger partial charge in [0.15, 0.2) is 0 Å². The van der Waals surface area contributed by atoms with Crippen molar-refractivity contribution in [2.45, 2.75) is 57.8 Å². The molecule has 32 heavy (non-hydrogen) atoms. The fourth-order valence-electron chi connectivity index (χ4n) is 5.45. The predicted molar refractivity (Wildman–Crippen MR) is 126 cm³/mol. The molecule has 0 radical (unpaired) electrons. The number of morpholine rings is 1. The lowest BCUT2D eigenvalue weighted by Gasteiger charge is -2.40. The number of ether oxygens (including phenoxy) is 1. The summed E-state index contributed by atoms with van der Waals surface area (Å²) < 4.78 is 5.84. The van der Waals surface area contributed by atoms with Crippen molar-refractivity contribution in [3.05, 3.63) is 33.8 Å². The molecule has 3 aliphatic rings. The summed E-state index contributed by atoms with van der Waals surface area (Å²) in [6.07, 6.45) is 4.12. The molecule has 3 fully saturated rings. The van der Waals surface area contributed by atoms with Crippen molar-refractivity contribution in [3.63, 3.8) is 0 Å². The summed E-state index contributed by atoms with van der Waals surface area (Å²) in [7, 11) is 0. The van der Waals surface area contributed by atoms with E-state index in [2.05, 4.69) is 18.7 Å². The molecule has 0 aliphatic carbocycles. The monoisotopic (exact) mass is 481 g/mol. The van der Waals surface area contributed by atoms with Gasteiger partial charge < -0.3 is 14.5 Å². The lowest BCUT2D eigenvalue weighted by Crippen LogP contribution is -2.51. The van der Waals surface area contributed by atoms with E-state index in [4.69, 9.17) is 27.9 Å². The highest BCUT2D eigenvalue weighted by Gasteiger charge is 2.38. The van der Waals surface area contributed by atoms with Gasteiger partial charge in [0.25, 0.3) is 5.91 Å². The molecule has 0 spiro atoms. The molecule has 0 saturated carbocycles. The van der Waals surface area contributed by atoms with Gasteiger partial charge in [-0.1, -0.05) is 23.2 Å². The van der Waals surface area contributed by atoms with Gasteiger partial charge in [0.2, 0.25) is 5.91 Å².